The first-order chi connectivity index (χ1) is 6.90. The summed E-state index contributed by atoms with van der Waals surface area (Å²) in [4.78, 5) is 0. The number of allylic oxidation sites excluding steroid dienone is 4. The molecule has 0 spiro atoms. The molecule has 0 aliphatic rings. The molecule has 4 heteroatoms. The molecule has 0 aliphatic carbocycles. The van der Waals surface area contributed by atoms with Crippen LogP contribution in [-0.4, -0.2) is 6.36 Å². The molecule has 0 radical (unpaired) electrons. The van der Waals surface area contributed by atoms with E-state index in [1.165, 1.54) is 13.0 Å². The number of hydrogen-bond donors (Lipinski definition) is 0. The molecule has 0 aromatic heterocycles. The molecule has 0 amide bonds. The molecule has 88 valence electrons. The van der Waals surface area contributed by atoms with Crippen LogP contribution in [0.4, 0.5) is 13.2 Å². The SMILES string of the molecule is C=C/C(OC(F)(F)F)=C(C)\C=C/C.CC. The molecule has 0 fully saturated rings. The lowest BCUT2D eigenvalue weighted by molar-refractivity contribution is -0.303. The zero-order valence-corrected chi connectivity index (χ0v) is 9.48. The van der Waals surface area contributed by atoms with Crippen molar-refractivity contribution in [2.45, 2.75) is 34.1 Å². The molecule has 0 atom stereocenters. The van der Waals surface area contributed by atoms with Crippen LogP contribution < -0.4 is 0 Å². The molecule has 1 nitrogen and oxygen atoms in total. The third kappa shape index (κ3) is 9.12. The van der Waals surface area contributed by atoms with Gasteiger partial charge in [-0.2, -0.15) is 0 Å². The Morgan fingerprint density at radius 1 is 1.27 bits per heavy atom. The maximum absolute atomic E-state index is 11.8. The summed E-state index contributed by atoms with van der Waals surface area (Å²) in [5.74, 6) is -0.273. The smallest absolute Gasteiger partial charge is 0.406 e. The minimum Gasteiger partial charge on any atom is -0.406 e. The first-order valence-electron chi connectivity index (χ1n) is 4.62. The Morgan fingerprint density at radius 3 is 2.00 bits per heavy atom. The number of ether oxygens (including phenoxy) is 1. The van der Waals surface area contributed by atoms with E-state index in [1.54, 1.807) is 13.0 Å². The van der Waals surface area contributed by atoms with Crippen LogP contribution in [-0.2, 0) is 4.74 Å². The van der Waals surface area contributed by atoms with Gasteiger partial charge in [-0.1, -0.05) is 32.6 Å². The number of hydrogen-bond acceptors (Lipinski definition) is 1. The third-order valence-electron chi connectivity index (χ3n) is 1.22. The van der Waals surface area contributed by atoms with Gasteiger partial charge < -0.3 is 4.74 Å². The number of alkyl halides is 3. The largest absolute Gasteiger partial charge is 0.573 e. The van der Waals surface area contributed by atoms with Crippen molar-refractivity contribution in [1.82, 2.24) is 0 Å². The Morgan fingerprint density at radius 2 is 1.73 bits per heavy atom. The van der Waals surface area contributed by atoms with Gasteiger partial charge in [0, 0.05) is 0 Å². The Kier molecular flexibility index (Phi) is 8.82. The van der Waals surface area contributed by atoms with Crippen LogP contribution in [0.1, 0.15) is 27.7 Å². The molecule has 0 saturated carbocycles. The summed E-state index contributed by atoms with van der Waals surface area (Å²) in [5.41, 5.74) is 0.384. The predicted molar refractivity (Wildman–Crippen MR) is 56.2 cm³/mol. The van der Waals surface area contributed by atoms with E-state index in [9.17, 15) is 13.2 Å². The molecule has 0 saturated heterocycles. The van der Waals surface area contributed by atoms with Gasteiger partial charge in [-0.3, -0.25) is 0 Å². The van der Waals surface area contributed by atoms with Gasteiger partial charge in [0.2, 0.25) is 0 Å². The zero-order chi connectivity index (χ0) is 12.5. The third-order valence-corrected chi connectivity index (χ3v) is 1.22. The van der Waals surface area contributed by atoms with E-state index in [0.717, 1.165) is 6.08 Å². The van der Waals surface area contributed by atoms with Gasteiger partial charge in [0.1, 0.15) is 5.76 Å². The lowest BCUT2D eigenvalue weighted by atomic mass is 10.2. The average Bonchev–Trinajstić information content (AvgIpc) is 2.16. The van der Waals surface area contributed by atoms with Crippen LogP contribution in [0.2, 0.25) is 0 Å². The predicted octanol–water partition coefficient (Wildman–Crippen LogP) is 4.59. The summed E-state index contributed by atoms with van der Waals surface area (Å²) >= 11 is 0. The second-order valence-corrected chi connectivity index (χ2v) is 2.30. The molecule has 0 aromatic carbocycles. The Balaban J connectivity index is 0. The normalized spacial score (nSPS) is 12.7. The van der Waals surface area contributed by atoms with Crippen LogP contribution in [0.5, 0.6) is 0 Å². The summed E-state index contributed by atoms with van der Waals surface area (Å²) in [7, 11) is 0. The summed E-state index contributed by atoms with van der Waals surface area (Å²) in [6, 6.07) is 0. The van der Waals surface area contributed by atoms with Crippen molar-refractivity contribution in [2.24, 2.45) is 0 Å². The van der Waals surface area contributed by atoms with Crippen LogP contribution in [0.15, 0.2) is 36.1 Å². The zero-order valence-electron chi connectivity index (χ0n) is 9.48. The Hall–Kier alpha value is -1.19. The van der Waals surface area contributed by atoms with E-state index in [-0.39, 0.29) is 5.76 Å². The molecule has 0 aliphatic heterocycles. The van der Waals surface area contributed by atoms with E-state index in [4.69, 9.17) is 0 Å². The van der Waals surface area contributed by atoms with Crippen molar-refractivity contribution in [3.63, 3.8) is 0 Å². The average molecular weight is 222 g/mol. The minimum atomic E-state index is -4.66. The molecular weight excluding hydrogens is 205 g/mol. The van der Waals surface area contributed by atoms with E-state index < -0.39 is 6.36 Å². The summed E-state index contributed by atoms with van der Waals surface area (Å²) in [6.07, 6.45) is -0.490. The molecule has 0 heterocycles. The highest BCUT2D eigenvalue weighted by Gasteiger charge is 2.31. The van der Waals surface area contributed by atoms with Crippen molar-refractivity contribution < 1.29 is 17.9 Å². The number of halogens is 3. The van der Waals surface area contributed by atoms with E-state index >= 15 is 0 Å². The lowest BCUT2D eigenvalue weighted by Gasteiger charge is -2.10. The van der Waals surface area contributed by atoms with Crippen molar-refractivity contribution in [3.05, 3.63) is 36.1 Å². The van der Waals surface area contributed by atoms with E-state index in [0.29, 0.717) is 5.57 Å². The lowest BCUT2D eigenvalue weighted by Crippen LogP contribution is -2.12. The highest BCUT2D eigenvalue weighted by atomic mass is 19.4. The molecule has 0 unspecified atom stereocenters. The minimum absolute atomic E-state index is 0.273. The maximum atomic E-state index is 11.8. The molecule has 0 aromatic rings. The maximum Gasteiger partial charge on any atom is 0.573 e. The fourth-order valence-corrected chi connectivity index (χ4v) is 0.740. The Bertz CT molecular complexity index is 237. The van der Waals surface area contributed by atoms with Crippen molar-refractivity contribution in [3.8, 4) is 0 Å². The van der Waals surface area contributed by atoms with Crippen molar-refractivity contribution in [1.29, 1.82) is 0 Å². The summed E-state index contributed by atoms with van der Waals surface area (Å²) in [5, 5.41) is 0. The molecule has 0 N–H and O–H groups in total. The van der Waals surface area contributed by atoms with Crippen LogP contribution in [0, 0.1) is 0 Å². The van der Waals surface area contributed by atoms with Crippen LogP contribution in [0.25, 0.3) is 0 Å². The monoisotopic (exact) mass is 222 g/mol. The van der Waals surface area contributed by atoms with Gasteiger partial charge in [0.05, 0.1) is 0 Å². The molecular formula is C11H17F3O. The van der Waals surface area contributed by atoms with Gasteiger partial charge in [0.15, 0.2) is 0 Å². The number of rotatable bonds is 3. The molecule has 0 rings (SSSR count). The standard InChI is InChI=1S/C9H11F3O.C2H6/c1-4-6-7(3)8(5-2)13-9(10,11)12;1-2/h4-6H,2H2,1,3H3;1-2H3/b6-4-,8-7+;. The first kappa shape index (κ1) is 16.2. The summed E-state index contributed by atoms with van der Waals surface area (Å²) < 4.78 is 39.0. The quantitative estimate of drug-likeness (QED) is 0.501. The Labute approximate surface area is 88.9 Å². The highest BCUT2D eigenvalue weighted by Crippen LogP contribution is 2.23. The van der Waals surface area contributed by atoms with Crippen molar-refractivity contribution in [2.75, 3.05) is 0 Å². The second-order valence-electron chi connectivity index (χ2n) is 2.30. The van der Waals surface area contributed by atoms with Gasteiger partial charge in [0.25, 0.3) is 0 Å². The van der Waals surface area contributed by atoms with Gasteiger partial charge in [-0.05, 0) is 25.5 Å². The topological polar surface area (TPSA) is 9.23 Å². The van der Waals surface area contributed by atoms with E-state index in [2.05, 4.69) is 11.3 Å². The molecule has 0 bridgehead atoms. The second kappa shape index (κ2) is 8.15. The molecule has 15 heavy (non-hydrogen) atoms. The van der Waals surface area contributed by atoms with Gasteiger partial charge in [-0.15, -0.1) is 13.2 Å². The fraction of sp³-hybridized carbons (Fsp3) is 0.455. The van der Waals surface area contributed by atoms with Gasteiger partial charge in [-0.25, -0.2) is 0 Å². The fourth-order valence-electron chi connectivity index (χ4n) is 0.740. The highest BCUT2D eigenvalue weighted by molar-refractivity contribution is 5.26. The van der Waals surface area contributed by atoms with E-state index in [1.807, 2.05) is 13.8 Å². The van der Waals surface area contributed by atoms with Crippen molar-refractivity contribution >= 4 is 0 Å². The van der Waals surface area contributed by atoms with Gasteiger partial charge >= 0.3 is 6.36 Å². The summed E-state index contributed by atoms with van der Waals surface area (Å²) in [6.45, 7) is 10.5. The van der Waals surface area contributed by atoms with Crippen LogP contribution in [0.3, 0.4) is 0 Å². The van der Waals surface area contributed by atoms with Crippen LogP contribution >= 0.6 is 0 Å². The first-order valence-corrected chi connectivity index (χ1v) is 4.62.